The molecule has 0 radical (unpaired) electrons. The summed E-state index contributed by atoms with van der Waals surface area (Å²) in [4.78, 5) is 23.9. The van der Waals surface area contributed by atoms with Crippen LogP contribution in [0.4, 0.5) is 4.79 Å². The summed E-state index contributed by atoms with van der Waals surface area (Å²) in [5, 5.41) is 1.68. The molecule has 0 aliphatic carbocycles. The first-order chi connectivity index (χ1) is 12.2. The number of carbonyl (C=O) groups is 2. The van der Waals surface area contributed by atoms with E-state index in [1.165, 1.54) is 22.9 Å². The summed E-state index contributed by atoms with van der Waals surface area (Å²) in [6.45, 7) is 0.413. The molecule has 1 aliphatic rings. The van der Waals surface area contributed by atoms with E-state index < -0.39 is 10.9 Å². The molecule has 0 bridgehead atoms. The van der Waals surface area contributed by atoms with Crippen LogP contribution in [-0.2, 0) is 16.3 Å². The molecule has 7 heteroatoms. The number of aldehydes is 1. The van der Waals surface area contributed by atoms with Crippen molar-refractivity contribution in [3.8, 4) is 5.75 Å². The molecule has 6 nitrogen and oxygen atoms in total. The smallest absolute Gasteiger partial charge is 0.337 e. The third kappa shape index (κ3) is 3.38. The molecule has 128 valence electrons. The van der Waals surface area contributed by atoms with Gasteiger partial charge in [0.25, 0.3) is 0 Å². The minimum Gasteiger partial charge on any atom is -0.489 e. The standard InChI is InChI=1S/C18H17N3O3S/c19-20-17(23)21-9-10-25-18(21,13-22)15-7-4-8-16(11-15)24-12-14-5-2-1-3-6-14/h1-11,13H,12,19H2,(H,20,23). The molecule has 0 saturated heterocycles. The second-order valence-electron chi connectivity index (χ2n) is 5.34. The number of nitrogens with zero attached hydrogens (tertiary/aromatic N) is 1. The number of benzene rings is 2. The number of nitrogens with one attached hydrogen (secondary N) is 1. The quantitative estimate of drug-likeness (QED) is 0.373. The zero-order valence-electron chi connectivity index (χ0n) is 13.3. The highest BCUT2D eigenvalue weighted by Gasteiger charge is 2.44. The molecule has 1 aliphatic heterocycles. The number of hydrogen-bond donors (Lipinski definition) is 2. The van der Waals surface area contributed by atoms with Gasteiger partial charge in [0.2, 0.25) is 0 Å². The SMILES string of the molecule is NNC(=O)N1C=CSC1(C=O)c1cccc(OCc2ccccc2)c1. The normalized spacial score (nSPS) is 18.8. The van der Waals surface area contributed by atoms with Gasteiger partial charge in [-0.15, -0.1) is 0 Å². The van der Waals surface area contributed by atoms with E-state index in [1.807, 2.05) is 36.4 Å². The summed E-state index contributed by atoms with van der Waals surface area (Å²) in [5.41, 5.74) is 3.73. The number of hydrogen-bond acceptors (Lipinski definition) is 5. The molecule has 3 rings (SSSR count). The topological polar surface area (TPSA) is 84.7 Å². The third-order valence-electron chi connectivity index (χ3n) is 3.81. The minimum absolute atomic E-state index is 0.413. The van der Waals surface area contributed by atoms with Crippen LogP contribution in [0.1, 0.15) is 11.1 Å². The molecular weight excluding hydrogens is 338 g/mol. The Bertz CT molecular complexity index is 797. The first-order valence-corrected chi connectivity index (χ1v) is 8.45. The molecule has 1 heterocycles. The number of thioether (sulfide) groups is 1. The molecule has 2 aromatic carbocycles. The van der Waals surface area contributed by atoms with Crippen molar-refractivity contribution in [2.75, 3.05) is 0 Å². The lowest BCUT2D eigenvalue weighted by Gasteiger charge is -2.32. The van der Waals surface area contributed by atoms with Crippen LogP contribution >= 0.6 is 11.8 Å². The van der Waals surface area contributed by atoms with Gasteiger partial charge in [-0.05, 0) is 28.7 Å². The largest absolute Gasteiger partial charge is 0.489 e. The zero-order chi connectivity index (χ0) is 17.7. The van der Waals surface area contributed by atoms with Crippen molar-refractivity contribution in [1.82, 2.24) is 10.3 Å². The van der Waals surface area contributed by atoms with Crippen molar-refractivity contribution in [3.63, 3.8) is 0 Å². The molecule has 0 saturated carbocycles. The van der Waals surface area contributed by atoms with Gasteiger partial charge in [-0.2, -0.15) is 0 Å². The van der Waals surface area contributed by atoms with Crippen LogP contribution in [-0.4, -0.2) is 17.2 Å². The lowest BCUT2D eigenvalue weighted by atomic mass is 10.1. The number of amides is 2. The molecule has 1 atom stereocenters. The summed E-state index contributed by atoms with van der Waals surface area (Å²) in [6.07, 6.45) is 2.25. The van der Waals surface area contributed by atoms with Gasteiger partial charge >= 0.3 is 6.03 Å². The first kappa shape index (κ1) is 17.1. The monoisotopic (exact) mass is 355 g/mol. The van der Waals surface area contributed by atoms with E-state index in [0.29, 0.717) is 17.9 Å². The zero-order valence-corrected chi connectivity index (χ0v) is 14.1. The van der Waals surface area contributed by atoms with Crippen LogP contribution in [0.5, 0.6) is 5.75 Å². The van der Waals surface area contributed by atoms with E-state index in [4.69, 9.17) is 10.6 Å². The number of nitrogens with two attached hydrogens (primary N) is 1. The van der Waals surface area contributed by atoms with E-state index in [1.54, 1.807) is 23.6 Å². The number of rotatable bonds is 5. The van der Waals surface area contributed by atoms with E-state index >= 15 is 0 Å². The van der Waals surface area contributed by atoms with Gasteiger partial charge in [-0.25, -0.2) is 10.6 Å². The van der Waals surface area contributed by atoms with Crippen LogP contribution < -0.4 is 16.0 Å². The van der Waals surface area contributed by atoms with Crippen LogP contribution in [0.25, 0.3) is 0 Å². The Balaban J connectivity index is 1.84. The summed E-state index contributed by atoms with van der Waals surface area (Å²) in [5.74, 6) is 5.84. The van der Waals surface area contributed by atoms with E-state index in [0.717, 1.165) is 11.8 Å². The lowest BCUT2D eigenvalue weighted by Crippen LogP contribution is -2.49. The number of urea groups is 1. The molecule has 0 aromatic heterocycles. The molecule has 0 fully saturated rings. The highest BCUT2D eigenvalue weighted by Crippen LogP contribution is 2.44. The van der Waals surface area contributed by atoms with Gasteiger partial charge in [0, 0.05) is 6.20 Å². The Morgan fingerprint density at radius 2 is 2.04 bits per heavy atom. The summed E-state index contributed by atoms with van der Waals surface area (Å²) < 4.78 is 5.81. The summed E-state index contributed by atoms with van der Waals surface area (Å²) >= 11 is 1.22. The predicted molar refractivity (Wildman–Crippen MR) is 96.2 cm³/mol. The maximum Gasteiger partial charge on any atom is 0.337 e. The predicted octanol–water partition coefficient (Wildman–Crippen LogP) is 2.72. The molecular formula is C18H17N3O3S. The molecule has 3 N–H and O–H groups in total. The average Bonchev–Trinajstić information content (AvgIpc) is 3.12. The minimum atomic E-state index is -1.20. The maximum absolute atomic E-state index is 12.0. The fourth-order valence-electron chi connectivity index (χ4n) is 2.56. The van der Waals surface area contributed by atoms with E-state index in [2.05, 4.69) is 5.43 Å². The second-order valence-corrected chi connectivity index (χ2v) is 6.47. The van der Waals surface area contributed by atoms with E-state index in [9.17, 15) is 9.59 Å². The lowest BCUT2D eigenvalue weighted by molar-refractivity contribution is -0.112. The Hall–Kier alpha value is -2.77. The Morgan fingerprint density at radius 1 is 1.24 bits per heavy atom. The van der Waals surface area contributed by atoms with Crippen molar-refractivity contribution >= 4 is 24.1 Å². The summed E-state index contributed by atoms with van der Waals surface area (Å²) in [6, 6.07) is 16.4. The molecule has 25 heavy (non-hydrogen) atoms. The Morgan fingerprint density at radius 3 is 2.76 bits per heavy atom. The van der Waals surface area contributed by atoms with Crippen molar-refractivity contribution in [3.05, 3.63) is 77.3 Å². The Labute approximate surface area is 149 Å². The number of ether oxygens (including phenoxy) is 1. The fraction of sp³-hybridized carbons (Fsp3) is 0.111. The van der Waals surface area contributed by atoms with Crippen LogP contribution in [0.2, 0.25) is 0 Å². The van der Waals surface area contributed by atoms with Gasteiger partial charge in [0.15, 0.2) is 11.2 Å². The molecule has 0 spiro atoms. The highest BCUT2D eigenvalue weighted by atomic mass is 32.2. The molecule has 1 unspecified atom stereocenters. The maximum atomic E-state index is 12.0. The second kappa shape index (κ2) is 7.42. The fourth-order valence-corrected chi connectivity index (χ4v) is 3.53. The van der Waals surface area contributed by atoms with Crippen molar-refractivity contribution in [1.29, 1.82) is 0 Å². The number of hydrazine groups is 1. The Kier molecular flexibility index (Phi) is 5.06. The van der Waals surface area contributed by atoms with Gasteiger partial charge in [-0.3, -0.25) is 15.1 Å². The van der Waals surface area contributed by atoms with Crippen LogP contribution in [0, 0.1) is 0 Å². The summed E-state index contributed by atoms with van der Waals surface area (Å²) in [7, 11) is 0. The van der Waals surface area contributed by atoms with Crippen molar-refractivity contribution in [2.45, 2.75) is 11.5 Å². The van der Waals surface area contributed by atoms with Crippen LogP contribution in [0.3, 0.4) is 0 Å². The van der Waals surface area contributed by atoms with Crippen molar-refractivity contribution < 1.29 is 14.3 Å². The average molecular weight is 355 g/mol. The molecule has 2 aromatic rings. The molecule has 2 amide bonds. The van der Waals surface area contributed by atoms with E-state index in [-0.39, 0.29) is 0 Å². The third-order valence-corrected chi connectivity index (χ3v) is 4.96. The first-order valence-electron chi connectivity index (χ1n) is 7.57. The highest BCUT2D eigenvalue weighted by molar-refractivity contribution is 8.03. The van der Waals surface area contributed by atoms with Gasteiger partial charge in [0.1, 0.15) is 12.4 Å². The number of carbonyl (C=O) groups excluding carboxylic acids is 2. The van der Waals surface area contributed by atoms with Crippen LogP contribution in [0.15, 0.2) is 66.2 Å². The van der Waals surface area contributed by atoms with Gasteiger partial charge < -0.3 is 4.74 Å². The van der Waals surface area contributed by atoms with Gasteiger partial charge in [0.05, 0.1) is 0 Å². The van der Waals surface area contributed by atoms with Gasteiger partial charge in [-0.1, -0.05) is 54.2 Å². The van der Waals surface area contributed by atoms with Crippen molar-refractivity contribution in [2.24, 2.45) is 5.84 Å².